The van der Waals surface area contributed by atoms with E-state index in [2.05, 4.69) is 43.5 Å². The van der Waals surface area contributed by atoms with Crippen LogP contribution in [0.3, 0.4) is 0 Å². The Morgan fingerprint density at radius 1 is 0.420 bits per heavy atom. The summed E-state index contributed by atoms with van der Waals surface area (Å²) in [5.74, 6) is -0.135. The lowest BCUT2D eigenvalue weighted by atomic mass is 10.0. The zero-order valence-electron chi connectivity index (χ0n) is 55.3. The molecule has 9 heteroatoms. The van der Waals surface area contributed by atoms with Crippen LogP contribution in [0.1, 0.15) is 380 Å². The maximum atomic E-state index is 13.1. The molecule has 8 nitrogen and oxygen atoms in total. The summed E-state index contributed by atoms with van der Waals surface area (Å²) < 4.78 is 23.9. The number of phosphoric ester groups is 1. The lowest BCUT2D eigenvalue weighted by Gasteiger charge is -2.26. The van der Waals surface area contributed by atoms with Crippen LogP contribution in [-0.2, 0) is 18.4 Å². The minimum Gasteiger partial charge on any atom is -0.391 e. The first-order valence-electron chi connectivity index (χ1n) is 36.2. The molecular formula is C72H144N2O6P+. The smallest absolute Gasteiger partial charge is 0.391 e. The van der Waals surface area contributed by atoms with Gasteiger partial charge in [-0.15, -0.1) is 0 Å². The van der Waals surface area contributed by atoms with E-state index in [4.69, 9.17) is 9.05 Å². The normalized spacial score (nSPS) is 13.7. The molecule has 0 aliphatic carbocycles. The van der Waals surface area contributed by atoms with E-state index in [1.54, 1.807) is 0 Å². The van der Waals surface area contributed by atoms with E-state index in [1.165, 1.54) is 308 Å². The quantitative estimate of drug-likeness (QED) is 0.0243. The number of carbonyl (C=O) groups is 1. The third kappa shape index (κ3) is 66.4. The van der Waals surface area contributed by atoms with Crippen molar-refractivity contribution in [2.75, 3.05) is 40.9 Å². The van der Waals surface area contributed by atoms with Gasteiger partial charge in [-0.3, -0.25) is 13.8 Å². The number of allylic oxidation sites excluding steroid dienone is 4. The molecule has 3 N–H and O–H groups in total. The standard InChI is InChI=1S/C72H143N2O6P/c1-6-8-10-12-14-16-18-20-22-24-26-28-30-32-34-35-36-37-38-39-40-42-44-46-48-50-52-54-56-58-60-62-64-66-72(76)73-70(69-80-81(77,78)79-68-67-74(3,4)5)71(75)65-63-61-59-57-55-53-51-49-47-45-43-41-33-31-29-27-25-23-21-19-17-15-13-11-9-7-2/h18,20,24,26,70-71,75H,6-17,19,21-23,25,27-69H2,1-5H3,(H-,73,76,77,78)/p+1/b20-18-,26-24-. The average molecular weight is 1160 g/mol. The van der Waals surface area contributed by atoms with Crippen LogP contribution in [0, 0.1) is 0 Å². The Labute approximate surface area is 506 Å². The predicted molar refractivity (Wildman–Crippen MR) is 355 cm³/mol. The molecule has 0 aliphatic rings. The van der Waals surface area contributed by atoms with Gasteiger partial charge in [-0.1, -0.05) is 353 Å². The number of nitrogens with zero attached hydrogens (tertiary/aromatic N) is 1. The molecule has 81 heavy (non-hydrogen) atoms. The number of hydrogen-bond acceptors (Lipinski definition) is 5. The van der Waals surface area contributed by atoms with Gasteiger partial charge in [0.25, 0.3) is 0 Å². The summed E-state index contributed by atoms with van der Waals surface area (Å²) in [5, 5.41) is 14.2. The molecule has 3 atom stereocenters. The van der Waals surface area contributed by atoms with Gasteiger partial charge in [0.1, 0.15) is 13.2 Å². The molecule has 0 spiro atoms. The van der Waals surface area contributed by atoms with E-state index >= 15 is 0 Å². The molecule has 0 radical (unpaired) electrons. The Morgan fingerprint density at radius 2 is 0.704 bits per heavy atom. The molecule has 0 heterocycles. The number of carbonyl (C=O) groups excluding carboxylic acids is 1. The second-order valence-electron chi connectivity index (χ2n) is 26.3. The third-order valence-electron chi connectivity index (χ3n) is 17.0. The molecule has 0 saturated carbocycles. The Kier molecular flexibility index (Phi) is 62.7. The summed E-state index contributed by atoms with van der Waals surface area (Å²) in [6, 6.07) is -0.759. The maximum absolute atomic E-state index is 13.1. The van der Waals surface area contributed by atoms with Crippen LogP contribution in [0.5, 0.6) is 0 Å². The summed E-state index contributed by atoms with van der Waals surface area (Å²) >= 11 is 0. The van der Waals surface area contributed by atoms with Gasteiger partial charge in [-0.05, 0) is 44.9 Å². The number of aliphatic hydroxyl groups excluding tert-OH is 1. The number of nitrogens with one attached hydrogen (secondary N) is 1. The van der Waals surface area contributed by atoms with Gasteiger partial charge in [-0.2, -0.15) is 0 Å². The number of quaternary nitrogens is 1. The second kappa shape index (κ2) is 63.5. The van der Waals surface area contributed by atoms with Crippen molar-refractivity contribution in [3.05, 3.63) is 24.3 Å². The molecule has 0 fully saturated rings. The largest absolute Gasteiger partial charge is 0.472 e. The summed E-state index contributed by atoms with van der Waals surface area (Å²) in [6.45, 7) is 4.94. The monoisotopic (exact) mass is 1160 g/mol. The number of phosphoric acid groups is 1. The molecule has 0 aromatic rings. The Bertz CT molecular complexity index is 1370. The van der Waals surface area contributed by atoms with Gasteiger partial charge >= 0.3 is 7.82 Å². The van der Waals surface area contributed by atoms with Gasteiger partial charge in [-0.25, -0.2) is 4.57 Å². The minimum absolute atomic E-state index is 0.0778. The highest BCUT2D eigenvalue weighted by Crippen LogP contribution is 2.43. The van der Waals surface area contributed by atoms with E-state index in [9.17, 15) is 19.4 Å². The van der Waals surface area contributed by atoms with Gasteiger partial charge < -0.3 is 19.8 Å². The molecule has 0 aromatic heterocycles. The Morgan fingerprint density at radius 3 is 1.01 bits per heavy atom. The summed E-state index contributed by atoms with van der Waals surface area (Å²) in [4.78, 5) is 23.5. The summed E-state index contributed by atoms with van der Waals surface area (Å²) in [6.07, 6.45) is 82.9. The number of rotatable bonds is 68. The van der Waals surface area contributed by atoms with Crippen LogP contribution in [0.4, 0.5) is 0 Å². The molecule has 3 unspecified atom stereocenters. The molecule has 0 bridgehead atoms. The molecular weight excluding hydrogens is 1020 g/mol. The van der Waals surface area contributed by atoms with E-state index in [0.717, 1.165) is 44.9 Å². The van der Waals surface area contributed by atoms with Crippen LogP contribution in [-0.4, -0.2) is 73.4 Å². The second-order valence-corrected chi connectivity index (χ2v) is 27.8. The van der Waals surface area contributed by atoms with Crippen molar-refractivity contribution in [1.82, 2.24) is 5.32 Å². The van der Waals surface area contributed by atoms with Crippen LogP contribution in [0.25, 0.3) is 0 Å². The number of hydrogen-bond donors (Lipinski definition) is 3. The first-order chi connectivity index (χ1) is 39.5. The highest BCUT2D eigenvalue weighted by atomic mass is 31.2. The minimum atomic E-state index is -4.33. The number of amides is 1. The Hall–Kier alpha value is -1.02. The van der Waals surface area contributed by atoms with Crippen molar-refractivity contribution in [3.8, 4) is 0 Å². The number of likely N-dealkylation sites (N-methyl/N-ethyl adjacent to an activating group) is 1. The fraction of sp³-hybridized carbons (Fsp3) is 0.931. The highest BCUT2D eigenvalue weighted by molar-refractivity contribution is 7.47. The van der Waals surface area contributed by atoms with Gasteiger partial charge in [0, 0.05) is 6.42 Å². The SMILES string of the molecule is CCCCCCC/C=C\C/C=C\CCCCCCCCCCCCCCCCCCCCCCCC(=O)NC(COP(=O)(O)OCC[N+](C)(C)C)C(O)CCCCCCCCCCCCCCCCCCCCCCCCCCCC. The van der Waals surface area contributed by atoms with Crippen LogP contribution in [0.2, 0.25) is 0 Å². The van der Waals surface area contributed by atoms with Gasteiger partial charge in [0.05, 0.1) is 39.9 Å². The van der Waals surface area contributed by atoms with Crippen molar-refractivity contribution in [2.45, 2.75) is 392 Å². The van der Waals surface area contributed by atoms with Crippen molar-refractivity contribution >= 4 is 13.7 Å². The number of unbranched alkanes of at least 4 members (excludes halogenated alkanes) is 51. The molecule has 0 aliphatic heterocycles. The maximum Gasteiger partial charge on any atom is 0.472 e. The third-order valence-corrected chi connectivity index (χ3v) is 17.9. The zero-order chi connectivity index (χ0) is 59.1. The lowest BCUT2D eigenvalue weighted by Crippen LogP contribution is -2.46. The lowest BCUT2D eigenvalue weighted by molar-refractivity contribution is -0.870. The van der Waals surface area contributed by atoms with Gasteiger partial charge in [0.15, 0.2) is 0 Å². The van der Waals surface area contributed by atoms with Crippen molar-refractivity contribution in [2.24, 2.45) is 0 Å². The topological polar surface area (TPSA) is 105 Å². The fourth-order valence-electron chi connectivity index (χ4n) is 11.3. The van der Waals surface area contributed by atoms with Crippen LogP contribution < -0.4 is 5.32 Å². The molecule has 0 saturated heterocycles. The van der Waals surface area contributed by atoms with Crippen molar-refractivity contribution in [1.29, 1.82) is 0 Å². The van der Waals surface area contributed by atoms with Gasteiger partial charge in [0.2, 0.25) is 5.91 Å². The van der Waals surface area contributed by atoms with Crippen molar-refractivity contribution < 1.29 is 32.9 Å². The summed E-state index contributed by atoms with van der Waals surface area (Å²) in [5.41, 5.74) is 0. The molecule has 0 aromatic carbocycles. The van der Waals surface area contributed by atoms with E-state index in [-0.39, 0.29) is 19.1 Å². The zero-order valence-corrected chi connectivity index (χ0v) is 56.2. The first kappa shape index (κ1) is 80.0. The van der Waals surface area contributed by atoms with E-state index < -0.39 is 20.0 Å². The van der Waals surface area contributed by atoms with E-state index in [1.807, 2.05) is 21.1 Å². The number of aliphatic hydroxyl groups is 1. The summed E-state index contributed by atoms with van der Waals surface area (Å²) in [7, 11) is 1.64. The Balaban J connectivity index is 3.97. The first-order valence-corrected chi connectivity index (χ1v) is 37.7. The van der Waals surface area contributed by atoms with Crippen molar-refractivity contribution in [3.63, 3.8) is 0 Å². The molecule has 1 amide bonds. The van der Waals surface area contributed by atoms with Crippen LogP contribution in [0.15, 0.2) is 24.3 Å². The molecule has 0 rings (SSSR count). The highest BCUT2D eigenvalue weighted by Gasteiger charge is 2.28. The molecule has 482 valence electrons. The average Bonchev–Trinajstić information content (AvgIpc) is 3.43. The van der Waals surface area contributed by atoms with E-state index in [0.29, 0.717) is 23.9 Å². The predicted octanol–water partition coefficient (Wildman–Crippen LogP) is 23.1. The van der Waals surface area contributed by atoms with Crippen LogP contribution >= 0.6 is 7.82 Å². The fourth-order valence-corrected chi connectivity index (χ4v) is 12.1.